The molecule has 0 fully saturated rings. The first-order chi connectivity index (χ1) is 6.24. The number of hydrogen-bond acceptors (Lipinski definition) is 4. The molecule has 0 aliphatic heterocycles. The van der Waals surface area contributed by atoms with Crippen molar-refractivity contribution in [2.75, 3.05) is 19.8 Å². The molecule has 14 heavy (non-hydrogen) atoms. The van der Waals surface area contributed by atoms with Gasteiger partial charge in [0.05, 0.1) is 19.8 Å². The second-order valence-corrected chi connectivity index (χ2v) is 3.87. The van der Waals surface area contributed by atoms with E-state index in [-0.39, 0.29) is 19.8 Å². The maximum Gasteiger partial charge on any atom is 0.466 e. The second-order valence-electron chi connectivity index (χ2n) is 2.84. The van der Waals surface area contributed by atoms with Crippen molar-refractivity contribution >= 4 is 7.82 Å². The van der Waals surface area contributed by atoms with Gasteiger partial charge < -0.3 is 30.0 Å². The average molecular weight is 232 g/mol. The van der Waals surface area contributed by atoms with Gasteiger partial charge in [-0.25, -0.2) is 4.57 Å². The summed E-state index contributed by atoms with van der Waals surface area (Å²) in [5, 5.41) is 26.0. The zero-order valence-electron chi connectivity index (χ0n) is 7.87. The van der Waals surface area contributed by atoms with E-state index in [4.69, 9.17) is 34.6 Å². The van der Waals surface area contributed by atoms with Gasteiger partial charge in [-0.3, -0.25) is 0 Å². The van der Waals surface area contributed by atoms with Gasteiger partial charge in [-0.2, -0.15) is 0 Å². The van der Waals surface area contributed by atoms with Crippen LogP contribution in [-0.4, -0.2) is 49.8 Å². The molecular weight excluding hydrogens is 215 g/mol. The fourth-order valence-electron chi connectivity index (χ4n) is 0.485. The average Bonchev–Trinajstić information content (AvgIpc) is 2.07. The van der Waals surface area contributed by atoms with Gasteiger partial charge in [0.25, 0.3) is 0 Å². The molecule has 0 aromatic carbocycles. The van der Waals surface area contributed by atoms with Gasteiger partial charge in [-0.05, 0) is 6.42 Å². The molecule has 0 aliphatic rings. The van der Waals surface area contributed by atoms with Crippen molar-refractivity contribution in [2.45, 2.75) is 13.3 Å². The largest absolute Gasteiger partial charge is 0.466 e. The van der Waals surface area contributed by atoms with Crippen LogP contribution in [-0.2, 0) is 4.57 Å². The fourth-order valence-corrected chi connectivity index (χ4v) is 0.485. The second kappa shape index (κ2) is 7.30. The molecule has 0 unspecified atom stereocenters. The Balaban J connectivity index is 0. The van der Waals surface area contributed by atoms with Crippen molar-refractivity contribution in [2.24, 2.45) is 5.41 Å². The molecule has 0 saturated heterocycles. The van der Waals surface area contributed by atoms with Gasteiger partial charge >= 0.3 is 7.82 Å². The molecule has 8 heteroatoms. The molecule has 0 aromatic heterocycles. The third kappa shape index (κ3) is 10.1. The lowest BCUT2D eigenvalue weighted by molar-refractivity contribution is 0.00304. The summed E-state index contributed by atoms with van der Waals surface area (Å²) in [5.74, 6) is 0. The number of phosphoric acid groups is 1. The normalized spacial score (nSPS) is 11.9. The highest BCUT2D eigenvalue weighted by molar-refractivity contribution is 7.45. The molecule has 0 radical (unpaired) electrons. The highest BCUT2D eigenvalue weighted by Gasteiger charge is 2.24. The smallest absolute Gasteiger partial charge is 0.396 e. The Bertz CT molecular complexity index is 147. The van der Waals surface area contributed by atoms with Crippen LogP contribution in [0.4, 0.5) is 0 Å². The SMILES string of the molecule is CCC(CO)(CO)CO.O=P(O)(O)O. The monoisotopic (exact) mass is 232 g/mol. The summed E-state index contributed by atoms with van der Waals surface area (Å²) in [6.07, 6.45) is 0.594. The Morgan fingerprint density at radius 2 is 1.21 bits per heavy atom. The molecule has 7 nitrogen and oxygen atoms in total. The van der Waals surface area contributed by atoms with E-state index in [1.54, 1.807) is 0 Å². The van der Waals surface area contributed by atoms with E-state index in [9.17, 15) is 0 Å². The first-order valence-electron chi connectivity index (χ1n) is 3.85. The number of hydrogen-bond donors (Lipinski definition) is 6. The highest BCUT2D eigenvalue weighted by Crippen LogP contribution is 2.25. The summed E-state index contributed by atoms with van der Waals surface area (Å²) in [6, 6.07) is 0. The summed E-state index contributed by atoms with van der Waals surface area (Å²) in [5.41, 5.74) is -0.667. The summed E-state index contributed by atoms with van der Waals surface area (Å²) in [7, 11) is -4.64. The Kier molecular flexibility index (Phi) is 8.57. The lowest BCUT2D eigenvalue weighted by atomic mass is 9.88. The van der Waals surface area contributed by atoms with E-state index in [0.29, 0.717) is 6.42 Å². The summed E-state index contributed by atoms with van der Waals surface area (Å²) in [6.45, 7) is 1.35. The van der Waals surface area contributed by atoms with Crippen LogP contribution in [0.5, 0.6) is 0 Å². The number of aliphatic hydroxyl groups excluding tert-OH is 3. The fraction of sp³-hybridized carbons (Fsp3) is 1.00. The van der Waals surface area contributed by atoms with E-state index < -0.39 is 13.2 Å². The Labute approximate surface area is 81.9 Å². The van der Waals surface area contributed by atoms with Crippen LogP contribution >= 0.6 is 7.82 Å². The lowest BCUT2D eigenvalue weighted by Gasteiger charge is -2.24. The van der Waals surface area contributed by atoms with Gasteiger partial charge in [0.1, 0.15) is 0 Å². The minimum Gasteiger partial charge on any atom is -0.396 e. The van der Waals surface area contributed by atoms with Crippen LogP contribution in [0.2, 0.25) is 0 Å². The van der Waals surface area contributed by atoms with Crippen molar-refractivity contribution < 1.29 is 34.6 Å². The Morgan fingerprint density at radius 3 is 1.21 bits per heavy atom. The topological polar surface area (TPSA) is 138 Å². The van der Waals surface area contributed by atoms with Gasteiger partial charge in [-0.15, -0.1) is 0 Å². The van der Waals surface area contributed by atoms with Crippen LogP contribution in [0.25, 0.3) is 0 Å². The van der Waals surface area contributed by atoms with Crippen molar-refractivity contribution in [3.8, 4) is 0 Å². The molecule has 0 atom stereocenters. The zero-order valence-corrected chi connectivity index (χ0v) is 8.76. The quantitative estimate of drug-likeness (QED) is 0.322. The molecule has 0 spiro atoms. The Morgan fingerprint density at radius 1 is 1.00 bits per heavy atom. The molecule has 0 amide bonds. The summed E-state index contributed by atoms with van der Waals surface area (Å²) in [4.78, 5) is 21.6. The molecule has 6 N–H and O–H groups in total. The molecule has 0 heterocycles. The lowest BCUT2D eigenvalue weighted by Crippen LogP contribution is -2.32. The highest BCUT2D eigenvalue weighted by atomic mass is 31.2. The van der Waals surface area contributed by atoms with Crippen LogP contribution in [0.3, 0.4) is 0 Å². The number of aliphatic hydroxyl groups is 3. The molecule has 0 rings (SSSR count). The summed E-state index contributed by atoms with van der Waals surface area (Å²) < 4.78 is 8.88. The van der Waals surface area contributed by atoms with Crippen LogP contribution < -0.4 is 0 Å². The third-order valence-corrected chi connectivity index (χ3v) is 1.76. The van der Waals surface area contributed by atoms with E-state index in [0.717, 1.165) is 0 Å². The van der Waals surface area contributed by atoms with Gasteiger partial charge in [0.2, 0.25) is 0 Å². The van der Waals surface area contributed by atoms with Crippen molar-refractivity contribution in [3.63, 3.8) is 0 Å². The molecule has 0 aromatic rings. The van der Waals surface area contributed by atoms with Gasteiger partial charge in [0.15, 0.2) is 0 Å². The zero-order chi connectivity index (χ0) is 11.8. The van der Waals surface area contributed by atoms with Crippen molar-refractivity contribution in [1.82, 2.24) is 0 Å². The van der Waals surface area contributed by atoms with E-state index >= 15 is 0 Å². The van der Waals surface area contributed by atoms with E-state index in [1.807, 2.05) is 6.92 Å². The van der Waals surface area contributed by atoms with Crippen molar-refractivity contribution in [1.29, 1.82) is 0 Å². The van der Waals surface area contributed by atoms with E-state index in [2.05, 4.69) is 0 Å². The first kappa shape index (κ1) is 16.4. The van der Waals surface area contributed by atoms with Crippen molar-refractivity contribution in [3.05, 3.63) is 0 Å². The van der Waals surface area contributed by atoms with Crippen LogP contribution in [0.1, 0.15) is 13.3 Å². The third-order valence-electron chi connectivity index (χ3n) is 1.76. The molecule has 0 bridgehead atoms. The van der Waals surface area contributed by atoms with Crippen LogP contribution in [0.15, 0.2) is 0 Å². The minimum absolute atomic E-state index is 0.156. The maximum atomic E-state index is 8.88. The van der Waals surface area contributed by atoms with Crippen LogP contribution in [0, 0.1) is 5.41 Å². The predicted octanol–water partition coefficient (Wildman–Crippen LogP) is -1.57. The molecular formula is C6H17O7P. The predicted molar refractivity (Wildman–Crippen MR) is 48.2 cm³/mol. The minimum atomic E-state index is -4.64. The first-order valence-corrected chi connectivity index (χ1v) is 5.42. The molecule has 0 aliphatic carbocycles. The molecule has 0 saturated carbocycles. The van der Waals surface area contributed by atoms with Gasteiger partial charge in [0, 0.05) is 5.41 Å². The number of rotatable bonds is 4. The standard InChI is InChI=1S/C6H14O3.H3O4P/c1-2-6(3-7,4-8)5-9;1-5(2,3)4/h7-9H,2-5H2,1H3;(H3,1,2,3,4). The van der Waals surface area contributed by atoms with E-state index in [1.165, 1.54) is 0 Å². The van der Waals surface area contributed by atoms with Gasteiger partial charge in [-0.1, -0.05) is 6.92 Å². The summed E-state index contributed by atoms with van der Waals surface area (Å²) >= 11 is 0. The maximum absolute atomic E-state index is 8.88. The molecule has 88 valence electrons. The Hall–Kier alpha value is -0.0100.